The fraction of sp³-hybridized carbons (Fsp3) is 0.583. The maximum absolute atomic E-state index is 12.8. The molecule has 0 aliphatic heterocycles. The van der Waals surface area contributed by atoms with Crippen LogP contribution < -0.4 is 10.9 Å². The van der Waals surface area contributed by atoms with Crippen molar-refractivity contribution in [1.29, 1.82) is 0 Å². The highest BCUT2D eigenvalue weighted by Crippen LogP contribution is 2.19. The first-order chi connectivity index (χ1) is 14.8. The molecule has 0 fully saturated rings. The molecule has 7 heteroatoms. The molecule has 2 N–H and O–H groups in total. The normalized spacial score (nSPS) is 11.5. The molecular formula is C24H39N5OS. The van der Waals surface area contributed by atoms with Gasteiger partial charge in [-0.3, -0.25) is 4.79 Å². The molecule has 1 aromatic heterocycles. The van der Waals surface area contributed by atoms with Crippen LogP contribution in [0.15, 0.2) is 23.0 Å². The van der Waals surface area contributed by atoms with Gasteiger partial charge in [0.05, 0.1) is 12.1 Å². The van der Waals surface area contributed by atoms with Crippen molar-refractivity contribution in [3.05, 3.63) is 45.2 Å². The van der Waals surface area contributed by atoms with Crippen molar-refractivity contribution in [3.63, 3.8) is 0 Å². The molecule has 0 aliphatic carbocycles. The van der Waals surface area contributed by atoms with E-state index in [-0.39, 0.29) is 5.56 Å². The van der Waals surface area contributed by atoms with E-state index < -0.39 is 0 Å². The van der Waals surface area contributed by atoms with Crippen LogP contribution in [0.5, 0.6) is 0 Å². The minimum absolute atomic E-state index is 0.0413. The summed E-state index contributed by atoms with van der Waals surface area (Å²) in [7, 11) is 4.10. The second-order valence-corrected chi connectivity index (χ2v) is 8.82. The first kappa shape index (κ1) is 25.3. The van der Waals surface area contributed by atoms with Crippen LogP contribution in [0.25, 0.3) is 10.9 Å². The molecule has 0 saturated carbocycles. The van der Waals surface area contributed by atoms with Crippen LogP contribution in [0.3, 0.4) is 0 Å². The van der Waals surface area contributed by atoms with Crippen molar-refractivity contribution < 1.29 is 0 Å². The Kier molecular flexibility index (Phi) is 9.93. The van der Waals surface area contributed by atoms with Crippen molar-refractivity contribution in [2.75, 3.05) is 53.4 Å². The number of aromatic nitrogens is 1. The highest BCUT2D eigenvalue weighted by molar-refractivity contribution is 7.80. The number of rotatable bonds is 11. The van der Waals surface area contributed by atoms with Gasteiger partial charge in [0.15, 0.2) is 5.11 Å². The zero-order valence-electron chi connectivity index (χ0n) is 20.0. The molecule has 0 saturated heterocycles. The summed E-state index contributed by atoms with van der Waals surface area (Å²) < 4.78 is 0. The van der Waals surface area contributed by atoms with Crippen molar-refractivity contribution in [1.82, 2.24) is 25.0 Å². The number of fused-ring (bicyclic) bond motifs is 1. The van der Waals surface area contributed by atoms with Crippen LogP contribution in [-0.2, 0) is 6.54 Å². The number of nitrogens with zero attached hydrogens (tertiary/aromatic N) is 3. The van der Waals surface area contributed by atoms with Crippen molar-refractivity contribution in [3.8, 4) is 0 Å². The molecule has 6 nitrogen and oxygen atoms in total. The number of pyridine rings is 1. The number of nitrogens with one attached hydrogen (secondary N) is 2. The van der Waals surface area contributed by atoms with Gasteiger partial charge in [-0.05, 0) is 88.8 Å². The summed E-state index contributed by atoms with van der Waals surface area (Å²) in [6.07, 6.45) is 1.04. The third-order valence-electron chi connectivity index (χ3n) is 5.92. The van der Waals surface area contributed by atoms with Gasteiger partial charge in [0.25, 0.3) is 5.56 Å². The molecule has 0 spiro atoms. The molecule has 0 aliphatic rings. The maximum atomic E-state index is 12.8. The highest BCUT2D eigenvalue weighted by Gasteiger charge is 2.14. The van der Waals surface area contributed by atoms with Gasteiger partial charge in [0.1, 0.15) is 0 Å². The fourth-order valence-electron chi connectivity index (χ4n) is 3.62. The number of thiocarbonyl (C=S) groups is 1. The third kappa shape index (κ3) is 7.30. The molecule has 2 rings (SSSR count). The summed E-state index contributed by atoms with van der Waals surface area (Å²) in [4.78, 5) is 22.6. The van der Waals surface area contributed by atoms with E-state index >= 15 is 0 Å². The van der Waals surface area contributed by atoms with E-state index in [9.17, 15) is 4.79 Å². The summed E-state index contributed by atoms with van der Waals surface area (Å²) in [5.74, 6) is 0. The van der Waals surface area contributed by atoms with Crippen molar-refractivity contribution in [2.24, 2.45) is 0 Å². The maximum Gasteiger partial charge on any atom is 0.253 e. The van der Waals surface area contributed by atoms with Crippen LogP contribution in [0, 0.1) is 13.8 Å². The first-order valence-electron chi connectivity index (χ1n) is 11.3. The lowest BCUT2D eigenvalue weighted by molar-refractivity contribution is 0.297. The Labute approximate surface area is 192 Å². The Morgan fingerprint density at radius 2 is 1.81 bits per heavy atom. The summed E-state index contributed by atoms with van der Waals surface area (Å²) in [5.41, 5.74) is 3.92. The van der Waals surface area contributed by atoms with Gasteiger partial charge >= 0.3 is 0 Å². The lowest BCUT2D eigenvalue weighted by atomic mass is 10.0. The van der Waals surface area contributed by atoms with Gasteiger partial charge in [-0.2, -0.15) is 0 Å². The lowest BCUT2D eigenvalue weighted by Crippen LogP contribution is -2.44. The number of likely N-dealkylation sites (N-methyl/N-ethyl adjacent to an activating group) is 1. The van der Waals surface area contributed by atoms with Gasteiger partial charge in [-0.25, -0.2) is 0 Å². The summed E-state index contributed by atoms with van der Waals surface area (Å²) >= 11 is 5.71. The van der Waals surface area contributed by atoms with Crippen molar-refractivity contribution in [2.45, 2.75) is 40.7 Å². The summed E-state index contributed by atoms with van der Waals surface area (Å²) in [6.45, 7) is 14.6. The molecule has 0 radical (unpaired) electrons. The lowest BCUT2D eigenvalue weighted by Gasteiger charge is -2.27. The standard InChI is InChI=1S/C24H39N5OS/c1-7-28(8-2)13-9-12-25-24(31)29(15-14-27(5)6)17-21-16-20-11-10-18(3)19(4)22(20)26-23(21)30/h10-11,16H,7-9,12-15,17H2,1-6H3,(H,25,31)(H,26,30). The first-order valence-corrected chi connectivity index (χ1v) is 11.7. The minimum atomic E-state index is -0.0413. The van der Waals surface area contributed by atoms with Crippen LogP contribution in [-0.4, -0.2) is 78.2 Å². The largest absolute Gasteiger partial charge is 0.363 e. The van der Waals surface area contributed by atoms with E-state index in [1.807, 2.05) is 27.1 Å². The topological polar surface area (TPSA) is 54.6 Å². The molecule has 172 valence electrons. The van der Waals surface area contributed by atoms with Gasteiger partial charge in [-0.15, -0.1) is 0 Å². The SMILES string of the molecule is CCN(CC)CCCNC(=S)N(CCN(C)C)Cc1cc2ccc(C)c(C)c2[nH]c1=O. The number of aryl methyl sites for hydroxylation is 2. The zero-order chi connectivity index (χ0) is 23.0. The Morgan fingerprint density at radius 1 is 1.10 bits per heavy atom. The summed E-state index contributed by atoms with van der Waals surface area (Å²) in [5, 5.41) is 5.17. The minimum Gasteiger partial charge on any atom is -0.363 e. The Balaban J connectivity index is 2.12. The van der Waals surface area contributed by atoms with Gasteiger partial charge in [-0.1, -0.05) is 26.0 Å². The Bertz CT molecular complexity index is 920. The monoisotopic (exact) mass is 445 g/mol. The average molecular weight is 446 g/mol. The van der Waals surface area contributed by atoms with E-state index in [1.54, 1.807) is 0 Å². The molecule has 31 heavy (non-hydrogen) atoms. The molecule has 0 atom stereocenters. The zero-order valence-corrected chi connectivity index (χ0v) is 20.9. The van der Waals surface area contributed by atoms with E-state index in [0.29, 0.717) is 11.7 Å². The van der Waals surface area contributed by atoms with E-state index in [2.05, 4.69) is 57.9 Å². The van der Waals surface area contributed by atoms with E-state index in [4.69, 9.17) is 12.2 Å². The molecule has 2 aromatic rings. The Hall–Kier alpha value is -1.96. The number of hydrogen-bond donors (Lipinski definition) is 2. The Morgan fingerprint density at radius 3 is 2.45 bits per heavy atom. The van der Waals surface area contributed by atoms with Crippen LogP contribution in [0.4, 0.5) is 0 Å². The number of H-pyrrole nitrogens is 1. The van der Waals surface area contributed by atoms with Gasteiger partial charge in [0.2, 0.25) is 0 Å². The molecular weight excluding hydrogens is 406 g/mol. The second-order valence-electron chi connectivity index (χ2n) is 8.43. The van der Waals surface area contributed by atoms with Crippen molar-refractivity contribution >= 4 is 28.2 Å². The number of aromatic amines is 1. The second kappa shape index (κ2) is 12.2. The smallest absolute Gasteiger partial charge is 0.253 e. The fourth-order valence-corrected chi connectivity index (χ4v) is 3.87. The average Bonchev–Trinajstić information content (AvgIpc) is 2.74. The molecule has 1 heterocycles. The molecule has 0 unspecified atom stereocenters. The number of benzene rings is 1. The van der Waals surface area contributed by atoms with Gasteiger partial charge in [0, 0.05) is 25.2 Å². The van der Waals surface area contributed by atoms with E-state index in [0.717, 1.165) is 67.7 Å². The summed E-state index contributed by atoms with van der Waals surface area (Å²) in [6, 6.07) is 6.18. The predicted molar refractivity (Wildman–Crippen MR) is 136 cm³/mol. The highest BCUT2D eigenvalue weighted by atomic mass is 32.1. The quantitative estimate of drug-likeness (QED) is 0.409. The van der Waals surface area contributed by atoms with Crippen LogP contribution in [0.1, 0.15) is 37.0 Å². The molecule has 1 aromatic carbocycles. The number of hydrogen-bond acceptors (Lipinski definition) is 4. The molecule has 0 bridgehead atoms. The van der Waals surface area contributed by atoms with Crippen LogP contribution >= 0.6 is 12.2 Å². The predicted octanol–water partition coefficient (Wildman–Crippen LogP) is 3.11. The molecule has 0 amide bonds. The third-order valence-corrected chi connectivity index (χ3v) is 6.32. The van der Waals surface area contributed by atoms with Gasteiger partial charge < -0.3 is 25.0 Å². The van der Waals surface area contributed by atoms with Crippen LogP contribution in [0.2, 0.25) is 0 Å². The van der Waals surface area contributed by atoms with E-state index in [1.165, 1.54) is 5.56 Å².